The number of likely N-dealkylation sites (tertiary alicyclic amines) is 1. The van der Waals surface area contributed by atoms with Crippen molar-refractivity contribution in [3.63, 3.8) is 0 Å². The number of benzene rings is 1. The highest BCUT2D eigenvalue weighted by atomic mass is 19.3. The molecule has 0 saturated carbocycles. The van der Waals surface area contributed by atoms with Gasteiger partial charge >= 0.3 is 0 Å². The molecule has 1 aromatic heterocycles. The fourth-order valence-electron chi connectivity index (χ4n) is 5.49. The highest BCUT2D eigenvalue weighted by molar-refractivity contribution is 5.90. The Balaban J connectivity index is 1.48. The normalized spacial score (nSPS) is 25.3. The number of carbonyl (C=O) groups excluding carboxylic acids is 1. The van der Waals surface area contributed by atoms with Crippen LogP contribution in [0.15, 0.2) is 24.5 Å². The highest BCUT2D eigenvalue weighted by Crippen LogP contribution is 2.35. The SMILES string of the molecule is C[C@H]1C[C@@H](CC(=O)CC2CCCN(C)C2)CN(c2ccc(C(F)F)c3nccnc23)C1. The van der Waals surface area contributed by atoms with E-state index in [0.29, 0.717) is 36.0 Å². The molecule has 4 rings (SSSR count). The molecule has 168 valence electrons. The van der Waals surface area contributed by atoms with E-state index in [1.54, 1.807) is 12.3 Å². The Labute approximate surface area is 182 Å². The molecule has 7 heteroatoms. The van der Waals surface area contributed by atoms with Gasteiger partial charge in [-0.15, -0.1) is 0 Å². The molecule has 0 N–H and O–H groups in total. The summed E-state index contributed by atoms with van der Waals surface area (Å²) in [5.74, 6) is 1.54. The predicted octanol–water partition coefficient (Wildman–Crippen LogP) is 4.72. The van der Waals surface area contributed by atoms with Gasteiger partial charge in [-0.25, -0.2) is 8.78 Å². The summed E-state index contributed by atoms with van der Waals surface area (Å²) in [5, 5.41) is 0. The van der Waals surface area contributed by atoms with Crippen molar-refractivity contribution in [2.24, 2.45) is 17.8 Å². The number of halogens is 2. The van der Waals surface area contributed by atoms with Crippen molar-refractivity contribution >= 4 is 22.5 Å². The van der Waals surface area contributed by atoms with E-state index in [4.69, 9.17) is 0 Å². The Morgan fingerprint density at radius 3 is 2.58 bits per heavy atom. The molecule has 5 nitrogen and oxygen atoms in total. The summed E-state index contributed by atoms with van der Waals surface area (Å²) in [5.41, 5.74) is 1.54. The van der Waals surface area contributed by atoms with Crippen molar-refractivity contribution < 1.29 is 13.6 Å². The zero-order valence-electron chi connectivity index (χ0n) is 18.4. The standard InChI is InChI=1S/C24H32F2N4O/c1-16-10-18(12-19(31)11-17-4-3-9-29(2)14-17)15-30(13-16)21-6-5-20(24(25)26)22-23(21)28-8-7-27-22/h5-8,16-18,24H,3-4,9-15H2,1-2H3/t16-,17?,18-/m0/s1. The number of alkyl halides is 2. The molecule has 3 heterocycles. The van der Waals surface area contributed by atoms with Crippen LogP contribution in [0.1, 0.15) is 51.0 Å². The number of hydrogen-bond donors (Lipinski definition) is 0. The Kier molecular flexibility index (Phi) is 6.80. The first kappa shape index (κ1) is 22.1. The highest BCUT2D eigenvalue weighted by Gasteiger charge is 2.29. The second kappa shape index (κ2) is 9.55. The van der Waals surface area contributed by atoms with Gasteiger partial charge in [-0.1, -0.05) is 6.92 Å². The fourth-order valence-corrected chi connectivity index (χ4v) is 5.49. The lowest BCUT2D eigenvalue weighted by Crippen LogP contribution is -2.41. The number of nitrogens with zero attached hydrogens (tertiary/aromatic N) is 4. The van der Waals surface area contributed by atoms with Crippen molar-refractivity contribution in [2.45, 2.75) is 45.5 Å². The quantitative estimate of drug-likeness (QED) is 0.664. The van der Waals surface area contributed by atoms with Crippen LogP contribution in [0, 0.1) is 17.8 Å². The molecule has 31 heavy (non-hydrogen) atoms. The van der Waals surface area contributed by atoms with E-state index in [1.807, 2.05) is 0 Å². The zero-order chi connectivity index (χ0) is 22.0. The van der Waals surface area contributed by atoms with Crippen molar-refractivity contribution in [2.75, 3.05) is 38.1 Å². The maximum atomic E-state index is 13.4. The number of Topliss-reactive ketones (excluding diaryl/α,β-unsaturated/α-hetero) is 1. The minimum absolute atomic E-state index is 0.0823. The first-order valence-corrected chi connectivity index (χ1v) is 11.4. The molecule has 0 aliphatic carbocycles. The number of aromatic nitrogens is 2. The molecule has 0 spiro atoms. The third-order valence-corrected chi connectivity index (χ3v) is 6.71. The van der Waals surface area contributed by atoms with Gasteiger partial charge in [-0.3, -0.25) is 14.8 Å². The molecular formula is C24H32F2N4O. The van der Waals surface area contributed by atoms with Crippen LogP contribution in [0.5, 0.6) is 0 Å². The van der Waals surface area contributed by atoms with E-state index in [9.17, 15) is 13.6 Å². The first-order chi connectivity index (χ1) is 14.9. The van der Waals surface area contributed by atoms with Gasteiger partial charge in [-0.2, -0.15) is 0 Å². The summed E-state index contributed by atoms with van der Waals surface area (Å²) in [6.45, 7) is 5.92. The molecule has 0 amide bonds. The van der Waals surface area contributed by atoms with Crippen LogP contribution in [0.3, 0.4) is 0 Å². The largest absolute Gasteiger partial charge is 0.369 e. The molecule has 0 radical (unpaired) electrons. The number of carbonyl (C=O) groups is 1. The minimum Gasteiger partial charge on any atom is -0.369 e. The smallest absolute Gasteiger partial charge is 0.266 e. The van der Waals surface area contributed by atoms with Crippen LogP contribution >= 0.6 is 0 Å². The number of rotatable bonds is 6. The molecule has 2 aliphatic heterocycles. The van der Waals surface area contributed by atoms with Gasteiger partial charge in [0.15, 0.2) is 0 Å². The van der Waals surface area contributed by atoms with E-state index in [2.05, 4.69) is 33.7 Å². The molecule has 1 aromatic carbocycles. The van der Waals surface area contributed by atoms with Crippen molar-refractivity contribution in [1.29, 1.82) is 0 Å². The number of piperidine rings is 2. The maximum Gasteiger partial charge on any atom is 0.266 e. The van der Waals surface area contributed by atoms with Gasteiger partial charge in [0.2, 0.25) is 0 Å². The van der Waals surface area contributed by atoms with Crippen LogP contribution in [0.4, 0.5) is 14.5 Å². The van der Waals surface area contributed by atoms with Gasteiger partial charge in [-0.05, 0) is 62.7 Å². The minimum atomic E-state index is -2.59. The summed E-state index contributed by atoms with van der Waals surface area (Å²) in [6, 6.07) is 3.21. The van der Waals surface area contributed by atoms with Crippen LogP contribution < -0.4 is 4.90 Å². The molecule has 2 fully saturated rings. The number of ketones is 1. The number of hydrogen-bond acceptors (Lipinski definition) is 5. The van der Waals surface area contributed by atoms with Crippen LogP contribution in [0.2, 0.25) is 0 Å². The number of anilines is 1. The summed E-state index contributed by atoms with van der Waals surface area (Å²) < 4.78 is 26.9. The molecule has 1 unspecified atom stereocenters. The Bertz CT molecular complexity index is 922. The van der Waals surface area contributed by atoms with Crippen molar-refractivity contribution in [3.8, 4) is 0 Å². The van der Waals surface area contributed by atoms with Gasteiger partial charge in [0.1, 0.15) is 11.3 Å². The van der Waals surface area contributed by atoms with Crippen molar-refractivity contribution in [3.05, 3.63) is 30.1 Å². The molecule has 2 aromatic rings. The lowest BCUT2D eigenvalue weighted by molar-refractivity contribution is -0.121. The zero-order valence-corrected chi connectivity index (χ0v) is 18.4. The van der Waals surface area contributed by atoms with Crippen LogP contribution in [0.25, 0.3) is 11.0 Å². The van der Waals surface area contributed by atoms with E-state index in [-0.39, 0.29) is 17.0 Å². The summed E-state index contributed by atoms with van der Waals surface area (Å²) in [4.78, 5) is 25.9. The summed E-state index contributed by atoms with van der Waals surface area (Å²) >= 11 is 0. The Morgan fingerprint density at radius 1 is 1.10 bits per heavy atom. The molecular weight excluding hydrogens is 398 g/mol. The van der Waals surface area contributed by atoms with Gasteiger partial charge in [0.05, 0.1) is 11.2 Å². The average Bonchev–Trinajstić information content (AvgIpc) is 2.72. The monoisotopic (exact) mass is 430 g/mol. The molecule has 3 atom stereocenters. The van der Waals surface area contributed by atoms with E-state index in [1.165, 1.54) is 18.7 Å². The lowest BCUT2D eigenvalue weighted by atomic mass is 9.84. The van der Waals surface area contributed by atoms with Crippen LogP contribution in [-0.2, 0) is 4.79 Å². The first-order valence-electron chi connectivity index (χ1n) is 11.4. The van der Waals surface area contributed by atoms with Crippen LogP contribution in [-0.4, -0.2) is 53.9 Å². The lowest BCUT2D eigenvalue weighted by Gasteiger charge is -2.38. The fraction of sp³-hybridized carbons (Fsp3) is 0.625. The van der Waals surface area contributed by atoms with E-state index < -0.39 is 6.43 Å². The third-order valence-electron chi connectivity index (χ3n) is 6.71. The van der Waals surface area contributed by atoms with E-state index in [0.717, 1.165) is 44.7 Å². The third kappa shape index (κ3) is 5.20. The Hall–Kier alpha value is -2.15. The maximum absolute atomic E-state index is 13.4. The number of fused-ring (bicyclic) bond motifs is 1. The Morgan fingerprint density at radius 2 is 1.84 bits per heavy atom. The van der Waals surface area contributed by atoms with Crippen molar-refractivity contribution in [1.82, 2.24) is 14.9 Å². The average molecular weight is 431 g/mol. The topological polar surface area (TPSA) is 49.3 Å². The van der Waals surface area contributed by atoms with Gasteiger partial charge in [0, 0.05) is 50.4 Å². The van der Waals surface area contributed by atoms with E-state index >= 15 is 0 Å². The predicted molar refractivity (Wildman–Crippen MR) is 118 cm³/mol. The molecule has 2 saturated heterocycles. The second-order valence-electron chi connectivity index (χ2n) is 9.56. The molecule has 2 aliphatic rings. The summed E-state index contributed by atoms with van der Waals surface area (Å²) in [7, 11) is 2.13. The van der Waals surface area contributed by atoms with Gasteiger partial charge < -0.3 is 9.80 Å². The van der Waals surface area contributed by atoms with Gasteiger partial charge in [0.25, 0.3) is 6.43 Å². The molecule has 0 bridgehead atoms. The summed E-state index contributed by atoms with van der Waals surface area (Å²) in [6.07, 6.45) is 5.03. The second-order valence-corrected chi connectivity index (χ2v) is 9.56.